The van der Waals surface area contributed by atoms with Crippen LogP contribution in [0.3, 0.4) is 0 Å². The number of aromatic nitrogens is 2. The highest BCUT2D eigenvalue weighted by molar-refractivity contribution is 5.74. The van der Waals surface area contributed by atoms with Gasteiger partial charge in [-0.05, 0) is 26.3 Å². The summed E-state index contributed by atoms with van der Waals surface area (Å²) in [5, 5.41) is 0. The summed E-state index contributed by atoms with van der Waals surface area (Å²) in [6, 6.07) is 6.32. The Labute approximate surface area is 108 Å². The van der Waals surface area contributed by atoms with Gasteiger partial charge in [-0.1, -0.05) is 29.8 Å². The molecule has 0 radical (unpaired) electrons. The monoisotopic (exact) mass is 241 g/mol. The Hall–Kier alpha value is -2.03. The van der Waals surface area contributed by atoms with Crippen molar-refractivity contribution in [3.8, 4) is 11.3 Å². The summed E-state index contributed by atoms with van der Waals surface area (Å²) in [5.74, 6) is 1.63. The summed E-state index contributed by atoms with van der Waals surface area (Å²) in [6.07, 6.45) is 1.83. The zero-order valence-corrected chi connectivity index (χ0v) is 11.2. The fourth-order valence-electron chi connectivity index (χ4n) is 2.22. The number of aryl methyl sites for hydroxylation is 3. The minimum Gasteiger partial charge on any atom is -0.383 e. The van der Waals surface area contributed by atoms with Gasteiger partial charge in [-0.2, -0.15) is 0 Å². The van der Waals surface area contributed by atoms with E-state index in [0.717, 1.165) is 17.1 Å². The highest BCUT2D eigenvalue weighted by Crippen LogP contribution is 2.29. The van der Waals surface area contributed by atoms with Crippen LogP contribution in [-0.2, 0) is 6.54 Å². The molecule has 0 aliphatic heterocycles. The van der Waals surface area contributed by atoms with Crippen molar-refractivity contribution in [1.82, 2.24) is 9.55 Å². The van der Waals surface area contributed by atoms with Crippen molar-refractivity contribution in [1.29, 1.82) is 0 Å². The van der Waals surface area contributed by atoms with Gasteiger partial charge in [0.1, 0.15) is 17.3 Å². The molecule has 0 saturated carbocycles. The quantitative estimate of drug-likeness (QED) is 0.838. The number of nitrogens with two attached hydrogens (primary N) is 1. The molecule has 0 saturated heterocycles. The lowest BCUT2D eigenvalue weighted by molar-refractivity contribution is 0.792. The third kappa shape index (κ3) is 2.04. The van der Waals surface area contributed by atoms with E-state index >= 15 is 0 Å². The number of benzene rings is 1. The molecule has 0 amide bonds. The molecule has 3 heteroatoms. The molecule has 2 N–H and O–H groups in total. The second-order valence-corrected chi connectivity index (χ2v) is 4.61. The topological polar surface area (TPSA) is 43.8 Å². The normalized spacial score (nSPS) is 10.6. The molecule has 0 fully saturated rings. The number of anilines is 1. The third-order valence-electron chi connectivity index (χ3n) is 3.15. The lowest BCUT2D eigenvalue weighted by Crippen LogP contribution is -2.03. The second kappa shape index (κ2) is 4.69. The molecule has 0 spiro atoms. The average Bonchev–Trinajstić information content (AvgIpc) is 2.58. The summed E-state index contributed by atoms with van der Waals surface area (Å²) in [7, 11) is 0. The predicted molar refractivity (Wildman–Crippen MR) is 76.5 cm³/mol. The molecule has 2 aromatic rings. The van der Waals surface area contributed by atoms with Gasteiger partial charge in [-0.25, -0.2) is 4.98 Å². The van der Waals surface area contributed by atoms with Crippen molar-refractivity contribution in [2.45, 2.75) is 27.3 Å². The standard InChI is InChI=1S/C15H19N3/c1-5-8-18-12(4)17-14(15(18)16)13-7-6-10(2)9-11(13)3/h5-7,9H,1,8,16H2,2-4H3. The number of nitrogen functional groups attached to an aromatic ring is 1. The van der Waals surface area contributed by atoms with Crippen LogP contribution in [0.2, 0.25) is 0 Å². The molecule has 2 rings (SSSR count). The molecule has 3 nitrogen and oxygen atoms in total. The van der Waals surface area contributed by atoms with Crippen LogP contribution in [0.5, 0.6) is 0 Å². The molecular weight excluding hydrogens is 222 g/mol. The zero-order chi connectivity index (χ0) is 13.3. The van der Waals surface area contributed by atoms with Crippen LogP contribution in [0.25, 0.3) is 11.3 Å². The van der Waals surface area contributed by atoms with Crippen molar-refractivity contribution in [3.05, 3.63) is 47.8 Å². The van der Waals surface area contributed by atoms with E-state index < -0.39 is 0 Å². The first-order chi connectivity index (χ1) is 8.54. The summed E-state index contributed by atoms with van der Waals surface area (Å²) >= 11 is 0. The molecule has 0 atom stereocenters. The second-order valence-electron chi connectivity index (χ2n) is 4.61. The Morgan fingerprint density at radius 2 is 2.06 bits per heavy atom. The molecule has 94 valence electrons. The highest BCUT2D eigenvalue weighted by atomic mass is 15.1. The molecule has 0 bridgehead atoms. The van der Waals surface area contributed by atoms with E-state index in [9.17, 15) is 0 Å². The van der Waals surface area contributed by atoms with Gasteiger partial charge >= 0.3 is 0 Å². The van der Waals surface area contributed by atoms with Crippen LogP contribution in [0.4, 0.5) is 5.82 Å². The largest absolute Gasteiger partial charge is 0.383 e. The SMILES string of the molecule is C=CCn1c(C)nc(-c2ccc(C)cc2C)c1N. The van der Waals surface area contributed by atoms with E-state index in [1.807, 2.05) is 17.6 Å². The molecule has 1 aromatic heterocycles. The Morgan fingerprint density at radius 3 is 2.67 bits per heavy atom. The Morgan fingerprint density at radius 1 is 1.33 bits per heavy atom. The van der Waals surface area contributed by atoms with Gasteiger partial charge in [0.2, 0.25) is 0 Å². The lowest BCUT2D eigenvalue weighted by Gasteiger charge is -2.06. The van der Waals surface area contributed by atoms with Crippen molar-refractivity contribution >= 4 is 5.82 Å². The molecular formula is C15H19N3. The van der Waals surface area contributed by atoms with E-state index in [-0.39, 0.29) is 0 Å². The van der Waals surface area contributed by atoms with Crippen molar-refractivity contribution in [2.75, 3.05) is 5.73 Å². The van der Waals surface area contributed by atoms with Gasteiger partial charge in [0, 0.05) is 12.1 Å². The van der Waals surface area contributed by atoms with Gasteiger partial charge in [0.15, 0.2) is 0 Å². The van der Waals surface area contributed by atoms with Crippen LogP contribution < -0.4 is 5.73 Å². The maximum atomic E-state index is 6.18. The molecule has 1 aromatic carbocycles. The minimum absolute atomic E-state index is 0.690. The third-order valence-corrected chi connectivity index (χ3v) is 3.15. The fourth-order valence-corrected chi connectivity index (χ4v) is 2.22. The fraction of sp³-hybridized carbons (Fsp3) is 0.267. The molecule has 0 unspecified atom stereocenters. The number of hydrogen-bond donors (Lipinski definition) is 1. The molecule has 0 aliphatic rings. The van der Waals surface area contributed by atoms with Gasteiger partial charge in [-0.3, -0.25) is 0 Å². The smallest absolute Gasteiger partial charge is 0.132 e. The summed E-state index contributed by atoms with van der Waals surface area (Å²) < 4.78 is 1.97. The van der Waals surface area contributed by atoms with Crippen LogP contribution in [0, 0.1) is 20.8 Å². The highest BCUT2D eigenvalue weighted by Gasteiger charge is 2.14. The van der Waals surface area contributed by atoms with E-state index in [4.69, 9.17) is 5.73 Å². The lowest BCUT2D eigenvalue weighted by atomic mass is 10.0. The summed E-state index contributed by atoms with van der Waals surface area (Å²) in [6.45, 7) is 10.6. The number of rotatable bonds is 3. The van der Waals surface area contributed by atoms with Crippen molar-refractivity contribution < 1.29 is 0 Å². The predicted octanol–water partition coefficient (Wildman–Crippen LogP) is 3.24. The zero-order valence-electron chi connectivity index (χ0n) is 11.2. The van der Waals surface area contributed by atoms with E-state index in [1.165, 1.54) is 11.1 Å². The van der Waals surface area contributed by atoms with Crippen LogP contribution in [0.15, 0.2) is 30.9 Å². The summed E-state index contributed by atoms with van der Waals surface area (Å²) in [5.41, 5.74) is 10.6. The first kappa shape index (κ1) is 12.4. The molecule has 1 heterocycles. The first-order valence-electron chi connectivity index (χ1n) is 6.05. The number of allylic oxidation sites excluding steroid dienone is 1. The molecule has 18 heavy (non-hydrogen) atoms. The van der Waals surface area contributed by atoms with E-state index in [1.54, 1.807) is 0 Å². The maximum absolute atomic E-state index is 6.18. The maximum Gasteiger partial charge on any atom is 0.132 e. The van der Waals surface area contributed by atoms with Gasteiger partial charge < -0.3 is 10.3 Å². The first-order valence-corrected chi connectivity index (χ1v) is 6.05. The van der Waals surface area contributed by atoms with E-state index in [2.05, 4.69) is 43.6 Å². The van der Waals surface area contributed by atoms with E-state index in [0.29, 0.717) is 12.4 Å². The van der Waals surface area contributed by atoms with Crippen LogP contribution in [-0.4, -0.2) is 9.55 Å². The molecule has 0 aliphatic carbocycles. The number of nitrogens with zero attached hydrogens (tertiary/aromatic N) is 2. The Balaban J connectivity index is 2.57. The van der Waals surface area contributed by atoms with Gasteiger partial charge in [0.05, 0.1) is 0 Å². The summed E-state index contributed by atoms with van der Waals surface area (Å²) in [4.78, 5) is 4.58. The average molecular weight is 241 g/mol. The van der Waals surface area contributed by atoms with Crippen LogP contribution in [0.1, 0.15) is 17.0 Å². The van der Waals surface area contributed by atoms with Crippen LogP contribution >= 0.6 is 0 Å². The Kier molecular flexibility index (Phi) is 3.24. The van der Waals surface area contributed by atoms with Crippen molar-refractivity contribution in [2.24, 2.45) is 0 Å². The van der Waals surface area contributed by atoms with Gasteiger partial charge in [-0.15, -0.1) is 6.58 Å². The Bertz CT molecular complexity index is 594. The van der Waals surface area contributed by atoms with Gasteiger partial charge in [0.25, 0.3) is 0 Å². The number of hydrogen-bond acceptors (Lipinski definition) is 2. The van der Waals surface area contributed by atoms with Crippen molar-refractivity contribution in [3.63, 3.8) is 0 Å². The minimum atomic E-state index is 0.690. The number of imidazole rings is 1.